The Bertz CT molecular complexity index is 366. The van der Waals surface area contributed by atoms with E-state index in [0.717, 1.165) is 24.2 Å². The van der Waals surface area contributed by atoms with Crippen LogP contribution in [0.15, 0.2) is 18.2 Å². The smallest absolute Gasteiger partial charge is 0.224 e. The second-order valence-corrected chi connectivity index (χ2v) is 4.00. The van der Waals surface area contributed by atoms with Gasteiger partial charge in [0, 0.05) is 12.1 Å². The van der Waals surface area contributed by atoms with Crippen LogP contribution in [-0.4, -0.2) is 19.5 Å². The van der Waals surface area contributed by atoms with Gasteiger partial charge < -0.3 is 10.6 Å². The summed E-state index contributed by atoms with van der Waals surface area (Å²) in [7, 11) is 1.89. The minimum Gasteiger partial charge on any atom is -0.326 e. The number of nitrogens with one attached hydrogen (secondary N) is 2. The molecule has 0 heterocycles. The average Bonchev–Trinajstić information content (AvgIpc) is 2.25. The van der Waals surface area contributed by atoms with Crippen molar-refractivity contribution in [2.24, 2.45) is 0 Å². The van der Waals surface area contributed by atoms with E-state index in [1.807, 2.05) is 39.1 Å². The number of hydrogen-bond acceptors (Lipinski definition) is 2. The van der Waals surface area contributed by atoms with E-state index in [2.05, 4.69) is 10.6 Å². The van der Waals surface area contributed by atoms with Gasteiger partial charge in [0.25, 0.3) is 0 Å². The summed E-state index contributed by atoms with van der Waals surface area (Å²) < 4.78 is 0. The van der Waals surface area contributed by atoms with Crippen molar-refractivity contribution in [1.29, 1.82) is 0 Å². The molecule has 0 aliphatic heterocycles. The Balaban J connectivity index is 0.00000256. The topological polar surface area (TPSA) is 41.1 Å². The monoisotopic (exact) mass is 256 g/mol. The van der Waals surface area contributed by atoms with Crippen LogP contribution in [0.25, 0.3) is 0 Å². The van der Waals surface area contributed by atoms with Gasteiger partial charge in [0.2, 0.25) is 5.91 Å². The summed E-state index contributed by atoms with van der Waals surface area (Å²) in [5, 5.41) is 5.97. The number of hydrogen-bond donors (Lipinski definition) is 2. The quantitative estimate of drug-likeness (QED) is 0.796. The van der Waals surface area contributed by atoms with Crippen molar-refractivity contribution in [2.45, 2.75) is 26.7 Å². The zero-order valence-electron chi connectivity index (χ0n) is 10.7. The highest BCUT2D eigenvalue weighted by atomic mass is 35.5. The van der Waals surface area contributed by atoms with E-state index in [0.29, 0.717) is 6.42 Å². The molecule has 1 rings (SSSR count). The molecule has 1 aromatic rings. The predicted octanol–water partition coefficient (Wildman–Crippen LogP) is 2.66. The Kier molecular flexibility index (Phi) is 7.59. The summed E-state index contributed by atoms with van der Waals surface area (Å²) in [4.78, 5) is 11.6. The molecule has 2 N–H and O–H groups in total. The SMILES string of the molecule is CNCCCC(=O)Nc1cccc(C)c1C.Cl. The minimum absolute atomic E-state index is 0. The molecule has 0 radical (unpaired) electrons. The molecular formula is C13H21ClN2O. The van der Waals surface area contributed by atoms with Crippen LogP contribution in [0.1, 0.15) is 24.0 Å². The molecule has 0 atom stereocenters. The predicted molar refractivity (Wildman–Crippen MR) is 75.0 cm³/mol. The molecule has 17 heavy (non-hydrogen) atoms. The summed E-state index contributed by atoms with van der Waals surface area (Å²) in [6, 6.07) is 5.95. The van der Waals surface area contributed by atoms with Gasteiger partial charge in [-0.3, -0.25) is 4.79 Å². The van der Waals surface area contributed by atoms with E-state index < -0.39 is 0 Å². The van der Waals surface area contributed by atoms with Crippen LogP contribution in [0.4, 0.5) is 5.69 Å². The third-order valence-corrected chi connectivity index (χ3v) is 2.71. The van der Waals surface area contributed by atoms with Crippen molar-refractivity contribution < 1.29 is 4.79 Å². The van der Waals surface area contributed by atoms with Gasteiger partial charge in [-0.05, 0) is 51.1 Å². The molecule has 0 saturated carbocycles. The summed E-state index contributed by atoms with van der Waals surface area (Å²) >= 11 is 0. The lowest BCUT2D eigenvalue weighted by Gasteiger charge is -2.10. The van der Waals surface area contributed by atoms with E-state index in [1.54, 1.807) is 0 Å². The molecule has 0 unspecified atom stereocenters. The van der Waals surface area contributed by atoms with Gasteiger partial charge in [-0.1, -0.05) is 12.1 Å². The van der Waals surface area contributed by atoms with Crippen LogP contribution in [0, 0.1) is 13.8 Å². The van der Waals surface area contributed by atoms with Crippen molar-refractivity contribution in [3.05, 3.63) is 29.3 Å². The van der Waals surface area contributed by atoms with Gasteiger partial charge >= 0.3 is 0 Å². The standard InChI is InChI=1S/C13H20N2O.ClH/c1-10-6-4-7-12(11(10)2)15-13(16)8-5-9-14-3;/h4,6-7,14H,5,8-9H2,1-3H3,(H,15,16);1H. The summed E-state index contributed by atoms with van der Waals surface area (Å²) in [6.07, 6.45) is 1.43. The lowest BCUT2D eigenvalue weighted by molar-refractivity contribution is -0.116. The zero-order valence-corrected chi connectivity index (χ0v) is 11.5. The summed E-state index contributed by atoms with van der Waals surface area (Å²) in [5.74, 6) is 0.0870. The molecule has 0 aromatic heterocycles. The molecule has 0 fully saturated rings. The van der Waals surface area contributed by atoms with Crippen LogP contribution in [0.2, 0.25) is 0 Å². The first-order chi connectivity index (χ1) is 7.65. The van der Waals surface area contributed by atoms with Gasteiger partial charge in [0.15, 0.2) is 0 Å². The molecule has 1 amide bonds. The second kappa shape index (κ2) is 8.09. The Labute approximate surface area is 109 Å². The van der Waals surface area contributed by atoms with E-state index in [4.69, 9.17) is 0 Å². The van der Waals surface area contributed by atoms with E-state index >= 15 is 0 Å². The number of carbonyl (C=O) groups excluding carboxylic acids is 1. The average molecular weight is 257 g/mol. The molecule has 0 aliphatic carbocycles. The first kappa shape index (κ1) is 15.9. The highest BCUT2D eigenvalue weighted by molar-refractivity contribution is 5.91. The van der Waals surface area contributed by atoms with Crippen LogP contribution in [-0.2, 0) is 4.79 Å². The van der Waals surface area contributed by atoms with Gasteiger partial charge in [0.1, 0.15) is 0 Å². The third-order valence-electron chi connectivity index (χ3n) is 2.71. The largest absolute Gasteiger partial charge is 0.326 e. The first-order valence-electron chi connectivity index (χ1n) is 5.66. The van der Waals surface area contributed by atoms with Crippen LogP contribution < -0.4 is 10.6 Å². The number of rotatable bonds is 5. The summed E-state index contributed by atoms with van der Waals surface area (Å²) in [6.45, 7) is 4.95. The van der Waals surface area contributed by atoms with Crippen molar-refractivity contribution in [2.75, 3.05) is 18.9 Å². The molecular weight excluding hydrogens is 236 g/mol. The second-order valence-electron chi connectivity index (χ2n) is 4.00. The lowest BCUT2D eigenvalue weighted by Crippen LogP contribution is -2.15. The van der Waals surface area contributed by atoms with Crippen molar-refractivity contribution >= 4 is 24.0 Å². The molecule has 4 heteroatoms. The molecule has 0 spiro atoms. The number of halogens is 1. The maximum absolute atomic E-state index is 11.6. The molecule has 0 bridgehead atoms. The lowest BCUT2D eigenvalue weighted by atomic mass is 10.1. The fraction of sp³-hybridized carbons (Fsp3) is 0.462. The van der Waals surface area contributed by atoms with E-state index in [1.165, 1.54) is 5.56 Å². The maximum Gasteiger partial charge on any atom is 0.224 e. The Hall–Kier alpha value is -1.06. The Morgan fingerprint density at radius 2 is 2.00 bits per heavy atom. The van der Waals surface area contributed by atoms with Crippen molar-refractivity contribution in [3.8, 4) is 0 Å². The molecule has 3 nitrogen and oxygen atoms in total. The van der Waals surface area contributed by atoms with Crippen LogP contribution >= 0.6 is 12.4 Å². The summed E-state index contributed by atoms with van der Waals surface area (Å²) in [5.41, 5.74) is 3.27. The highest BCUT2D eigenvalue weighted by Gasteiger charge is 2.05. The van der Waals surface area contributed by atoms with Gasteiger partial charge in [-0.15, -0.1) is 12.4 Å². The van der Waals surface area contributed by atoms with Gasteiger partial charge in [0.05, 0.1) is 0 Å². The highest BCUT2D eigenvalue weighted by Crippen LogP contribution is 2.18. The molecule has 96 valence electrons. The van der Waals surface area contributed by atoms with Crippen molar-refractivity contribution in [1.82, 2.24) is 5.32 Å². The number of benzene rings is 1. The van der Waals surface area contributed by atoms with Crippen molar-refractivity contribution in [3.63, 3.8) is 0 Å². The number of carbonyl (C=O) groups is 1. The molecule has 0 saturated heterocycles. The number of amides is 1. The number of aryl methyl sites for hydroxylation is 1. The fourth-order valence-electron chi connectivity index (χ4n) is 1.52. The Morgan fingerprint density at radius 3 is 2.65 bits per heavy atom. The maximum atomic E-state index is 11.6. The number of anilines is 1. The van der Waals surface area contributed by atoms with E-state index in [-0.39, 0.29) is 18.3 Å². The van der Waals surface area contributed by atoms with Crippen LogP contribution in [0.3, 0.4) is 0 Å². The van der Waals surface area contributed by atoms with Gasteiger partial charge in [-0.2, -0.15) is 0 Å². The first-order valence-corrected chi connectivity index (χ1v) is 5.66. The Morgan fingerprint density at radius 1 is 1.29 bits per heavy atom. The van der Waals surface area contributed by atoms with E-state index in [9.17, 15) is 4.79 Å². The van der Waals surface area contributed by atoms with Crippen LogP contribution in [0.5, 0.6) is 0 Å². The zero-order chi connectivity index (χ0) is 12.0. The van der Waals surface area contributed by atoms with Gasteiger partial charge in [-0.25, -0.2) is 0 Å². The molecule has 0 aliphatic rings. The third kappa shape index (κ3) is 5.20. The minimum atomic E-state index is 0. The fourth-order valence-corrected chi connectivity index (χ4v) is 1.52. The molecule has 1 aromatic carbocycles. The normalized spacial score (nSPS) is 9.59.